The van der Waals surface area contributed by atoms with Gasteiger partial charge in [-0.3, -0.25) is 9.58 Å². The molecule has 1 unspecified atom stereocenters. The van der Waals surface area contributed by atoms with Gasteiger partial charge < -0.3 is 4.74 Å². The standard InChI is InChI=1S/C10H14N4O/c11-8-10-9-13(6-7-15-10)4-5-14-3-1-2-12-14/h1-3,10H,4-7,9H2. The number of nitrogens with zero attached hydrogens (tertiary/aromatic N) is 4. The largest absolute Gasteiger partial charge is 0.361 e. The summed E-state index contributed by atoms with van der Waals surface area (Å²) in [6.45, 7) is 4.04. The van der Waals surface area contributed by atoms with Crippen LogP contribution in [0.25, 0.3) is 0 Å². The van der Waals surface area contributed by atoms with Crippen LogP contribution in [0.1, 0.15) is 0 Å². The molecular formula is C10H14N4O. The topological polar surface area (TPSA) is 54.1 Å². The second kappa shape index (κ2) is 4.91. The van der Waals surface area contributed by atoms with Crippen LogP contribution in [0.15, 0.2) is 18.5 Å². The molecule has 15 heavy (non-hydrogen) atoms. The van der Waals surface area contributed by atoms with E-state index in [2.05, 4.69) is 16.1 Å². The Morgan fingerprint density at radius 1 is 1.53 bits per heavy atom. The molecule has 0 aliphatic carbocycles. The molecular weight excluding hydrogens is 192 g/mol. The van der Waals surface area contributed by atoms with Crippen LogP contribution in [-0.2, 0) is 11.3 Å². The summed E-state index contributed by atoms with van der Waals surface area (Å²) in [5, 5.41) is 12.9. The van der Waals surface area contributed by atoms with Gasteiger partial charge in [0.15, 0.2) is 6.10 Å². The lowest BCUT2D eigenvalue weighted by atomic mass is 10.3. The normalized spacial score (nSPS) is 22.5. The van der Waals surface area contributed by atoms with E-state index in [1.54, 1.807) is 6.20 Å². The Kier molecular flexibility index (Phi) is 3.33. The summed E-state index contributed by atoms with van der Waals surface area (Å²) >= 11 is 0. The molecule has 5 heteroatoms. The fraction of sp³-hybridized carbons (Fsp3) is 0.600. The number of hydrogen-bond donors (Lipinski definition) is 0. The monoisotopic (exact) mass is 206 g/mol. The molecule has 0 bridgehead atoms. The third kappa shape index (κ3) is 2.78. The van der Waals surface area contributed by atoms with Gasteiger partial charge >= 0.3 is 0 Å². The molecule has 1 saturated heterocycles. The van der Waals surface area contributed by atoms with Crippen molar-refractivity contribution >= 4 is 0 Å². The number of aromatic nitrogens is 2. The smallest absolute Gasteiger partial charge is 0.156 e. The summed E-state index contributed by atoms with van der Waals surface area (Å²) in [5.41, 5.74) is 0. The first-order valence-electron chi connectivity index (χ1n) is 5.09. The Labute approximate surface area is 88.9 Å². The lowest BCUT2D eigenvalue weighted by Gasteiger charge is -2.29. The fourth-order valence-corrected chi connectivity index (χ4v) is 1.66. The van der Waals surface area contributed by atoms with Crippen molar-refractivity contribution in [2.45, 2.75) is 12.6 Å². The molecule has 0 radical (unpaired) electrons. The first-order valence-corrected chi connectivity index (χ1v) is 5.09. The van der Waals surface area contributed by atoms with Gasteiger partial charge in [-0.2, -0.15) is 10.4 Å². The van der Waals surface area contributed by atoms with Crippen LogP contribution in [0.4, 0.5) is 0 Å². The van der Waals surface area contributed by atoms with E-state index in [1.165, 1.54) is 0 Å². The van der Waals surface area contributed by atoms with Crippen LogP contribution in [0, 0.1) is 11.3 Å². The van der Waals surface area contributed by atoms with E-state index in [9.17, 15) is 0 Å². The number of morpholine rings is 1. The SMILES string of the molecule is N#CC1CN(CCn2cccn2)CCO1. The molecule has 1 aromatic heterocycles. The third-order valence-electron chi connectivity index (χ3n) is 2.50. The predicted molar refractivity (Wildman–Crippen MR) is 54.0 cm³/mol. The molecule has 1 aliphatic heterocycles. The van der Waals surface area contributed by atoms with Crippen molar-refractivity contribution < 1.29 is 4.74 Å². The van der Waals surface area contributed by atoms with Crippen molar-refractivity contribution in [1.29, 1.82) is 5.26 Å². The van der Waals surface area contributed by atoms with E-state index in [0.717, 1.165) is 19.6 Å². The zero-order chi connectivity index (χ0) is 10.5. The first kappa shape index (κ1) is 10.1. The Hall–Kier alpha value is -1.38. The molecule has 1 aliphatic rings. The molecule has 80 valence electrons. The maximum absolute atomic E-state index is 8.74. The van der Waals surface area contributed by atoms with E-state index in [0.29, 0.717) is 13.2 Å². The van der Waals surface area contributed by atoms with Gasteiger partial charge in [-0.15, -0.1) is 0 Å². The molecule has 0 aromatic carbocycles. The van der Waals surface area contributed by atoms with Crippen LogP contribution in [0.3, 0.4) is 0 Å². The van der Waals surface area contributed by atoms with Crippen molar-refractivity contribution in [3.63, 3.8) is 0 Å². The number of nitriles is 1. The quantitative estimate of drug-likeness (QED) is 0.704. The van der Waals surface area contributed by atoms with Crippen LogP contribution in [-0.4, -0.2) is 47.0 Å². The molecule has 2 rings (SSSR count). The maximum Gasteiger partial charge on any atom is 0.156 e. The Balaban J connectivity index is 1.77. The molecule has 0 saturated carbocycles. The summed E-state index contributed by atoms with van der Waals surface area (Å²) in [6, 6.07) is 4.05. The van der Waals surface area contributed by atoms with Crippen molar-refractivity contribution in [3.05, 3.63) is 18.5 Å². The van der Waals surface area contributed by atoms with E-state index in [1.807, 2.05) is 16.9 Å². The van der Waals surface area contributed by atoms with Crippen LogP contribution in [0.5, 0.6) is 0 Å². The lowest BCUT2D eigenvalue weighted by molar-refractivity contribution is -0.000853. The Morgan fingerprint density at radius 2 is 2.47 bits per heavy atom. The molecule has 1 fully saturated rings. The second-order valence-corrected chi connectivity index (χ2v) is 3.56. The zero-order valence-electron chi connectivity index (χ0n) is 8.54. The fourth-order valence-electron chi connectivity index (χ4n) is 1.66. The lowest BCUT2D eigenvalue weighted by Crippen LogP contribution is -2.43. The minimum Gasteiger partial charge on any atom is -0.361 e. The zero-order valence-corrected chi connectivity index (χ0v) is 8.54. The van der Waals surface area contributed by atoms with Crippen LogP contribution in [0.2, 0.25) is 0 Å². The minimum atomic E-state index is -0.267. The molecule has 0 N–H and O–H groups in total. The highest BCUT2D eigenvalue weighted by Crippen LogP contribution is 2.04. The number of ether oxygens (including phenoxy) is 1. The molecule has 5 nitrogen and oxygen atoms in total. The van der Waals surface area contributed by atoms with Gasteiger partial charge in [-0.25, -0.2) is 0 Å². The third-order valence-corrected chi connectivity index (χ3v) is 2.50. The van der Waals surface area contributed by atoms with Gasteiger partial charge in [-0.05, 0) is 6.07 Å². The van der Waals surface area contributed by atoms with Gasteiger partial charge in [0.25, 0.3) is 0 Å². The Morgan fingerprint density at radius 3 is 3.20 bits per heavy atom. The highest BCUT2D eigenvalue weighted by atomic mass is 16.5. The highest BCUT2D eigenvalue weighted by molar-refractivity contribution is 4.89. The molecule has 0 spiro atoms. The van der Waals surface area contributed by atoms with E-state index >= 15 is 0 Å². The number of hydrogen-bond acceptors (Lipinski definition) is 4. The van der Waals surface area contributed by atoms with Gasteiger partial charge in [0.1, 0.15) is 0 Å². The van der Waals surface area contributed by atoms with E-state index in [4.69, 9.17) is 10.00 Å². The van der Waals surface area contributed by atoms with Crippen molar-refractivity contribution in [1.82, 2.24) is 14.7 Å². The molecule has 0 amide bonds. The average molecular weight is 206 g/mol. The summed E-state index contributed by atoms with van der Waals surface area (Å²) in [7, 11) is 0. The van der Waals surface area contributed by atoms with Gasteiger partial charge in [0, 0.05) is 32.0 Å². The van der Waals surface area contributed by atoms with Gasteiger partial charge in [0.2, 0.25) is 0 Å². The van der Waals surface area contributed by atoms with Crippen molar-refractivity contribution in [2.75, 3.05) is 26.2 Å². The second-order valence-electron chi connectivity index (χ2n) is 3.56. The first-order chi connectivity index (χ1) is 7.38. The number of rotatable bonds is 3. The minimum absolute atomic E-state index is 0.267. The van der Waals surface area contributed by atoms with Gasteiger partial charge in [-0.1, -0.05) is 0 Å². The molecule has 2 heterocycles. The van der Waals surface area contributed by atoms with E-state index in [-0.39, 0.29) is 6.10 Å². The Bertz CT molecular complexity index is 330. The molecule has 1 atom stereocenters. The van der Waals surface area contributed by atoms with Gasteiger partial charge in [0.05, 0.1) is 19.2 Å². The average Bonchev–Trinajstić information content (AvgIpc) is 2.79. The van der Waals surface area contributed by atoms with Crippen LogP contribution < -0.4 is 0 Å². The summed E-state index contributed by atoms with van der Waals surface area (Å²) in [5.74, 6) is 0. The van der Waals surface area contributed by atoms with E-state index < -0.39 is 0 Å². The summed E-state index contributed by atoms with van der Waals surface area (Å²) < 4.78 is 7.17. The molecule has 1 aromatic rings. The summed E-state index contributed by atoms with van der Waals surface area (Å²) in [4.78, 5) is 2.24. The van der Waals surface area contributed by atoms with Crippen molar-refractivity contribution in [2.24, 2.45) is 0 Å². The van der Waals surface area contributed by atoms with Crippen molar-refractivity contribution in [3.8, 4) is 6.07 Å². The predicted octanol–water partition coefficient (Wildman–Crippen LogP) is 0.107. The highest BCUT2D eigenvalue weighted by Gasteiger charge is 2.19. The summed E-state index contributed by atoms with van der Waals surface area (Å²) in [6.07, 6.45) is 3.45. The van der Waals surface area contributed by atoms with Crippen LogP contribution >= 0.6 is 0 Å². The maximum atomic E-state index is 8.74.